The number of rotatable bonds is 3. The minimum atomic E-state index is -0.00562. The summed E-state index contributed by atoms with van der Waals surface area (Å²) < 4.78 is 0. The molecule has 0 unspecified atom stereocenters. The van der Waals surface area contributed by atoms with Gasteiger partial charge in [-0.15, -0.1) is 12.4 Å². The van der Waals surface area contributed by atoms with E-state index in [2.05, 4.69) is 17.3 Å². The van der Waals surface area contributed by atoms with E-state index in [1.807, 2.05) is 0 Å². The topological polar surface area (TPSA) is 58.4 Å². The Labute approximate surface area is 120 Å². The van der Waals surface area contributed by atoms with Crippen molar-refractivity contribution in [3.63, 3.8) is 0 Å². The van der Waals surface area contributed by atoms with E-state index in [4.69, 9.17) is 5.73 Å². The molecule has 0 bridgehead atoms. The zero-order valence-corrected chi connectivity index (χ0v) is 12.1. The minimum Gasteiger partial charge on any atom is -0.399 e. The lowest BCUT2D eigenvalue weighted by Crippen LogP contribution is -2.36. The molecule has 1 amide bonds. The maximum Gasteiger partial charge on any atom is 0.251 e. The van der Waals surface area contributed by atoms with Crippen LogP contribution in [-0.4, -0.2) is 37.5 Å². The van der Waals surface area contributed by atoms with Gasteiger partial charge in [0.1, 0.15) is 0 Å². The fraction of sp³-hybridized carbons (Fsp3) is 0.500. The number of piperidine rings is 1. The van der Waals surface area contributed by atoms with E-state index >= 15 is 0 Å². The summed E-state index contributed by atoms with van der Waals surface area (Å²) in [6.07, 6.45) is 2.33. The summed E-state index contributed by atoms with van der Waals surface area (Å²) in [7, 11) is 2.14. The number of anilines is 1. The number of carbonyl (C=O) groups excluding carboxylic acids is 1. The molecular formula is C14H22ClN3O. The number of amides is 1. The van der Waals surface area contributed by atoms with E-state index in [0.29, 0.717) is 17.2 Å². The normalized spacial score (nSPS) is 16.7. The highest BCUT2D eigenvalue weighted by Gasteiger charge is 2.17. The van der Waals surface area contributed by atoms with Gasteiger partial charge >= 0.3 is 0 Å². The number of nitrogens with one attached hydrogen (secondary N) is 1. The molecule has 0 atom stereocenters. The van der Waals surface area contributed by atoms with Crippen LogP contribution in [0.5, 0.6) is 0 Å². The smallest absolute Gasteiger partial charge is 0.251 e. The number of carbonyl (C=O) groups is 1. The highest BCUT2D eigenvalue weighted by molar-refractivity contribution is 5.94. The van der Waals surface area contributed by atoms with Crippen LogP contribution in [0.3, 0.4) is 0 Å². The van der Waals surface area contributed by atoms with Gasteiger partial charge in [0, 0.05) is 17.8 Å². The molecule has 1 saturated heterocycles. The van der Waals surface area contributed by atoms with E-state index in [1.165, 1.54) is 12.8 Å². The van der Waals surface area contributed by atoms with Crippen LogP contribution in [0.25, 0.3) is 0 Å². The van der Waals surface area contributed by atoms with E-state index < -0.39 is 0 Å². The molecule has 3 N–H and O–H groups in total. The number of nitrogen functional groups attached to an aromatic ring is 1. The van der Waals surface area contributed by atoms with Gasteiger partial charge in [-0.3, -0.25) is 4.79 Å². The number of halogens is 1. The Morgan fingerprint density at radius 3 is 2.47 bits per heavy atom. The van der Waals surface area contributed by atoms with Gasteiger partial charge in [0.2, 0.25) is 0 Å². The van der Waals surface area contributed by atoms with Crippen molar-refractivity contribution >= 4 is 24.0 Å². The third-order valence-electron chi connectivity index (χ3n) is 3.56. The second kappa shape index (κ2) is 7.36. The molecule has 4 nitrogen and oxygen atoms in total. The second-order valence-corrected chi connectivity index (χ2v) is 5.08. The third-order valence-corrected chi connectivity index (χ3v) is 3.56. The van der Waals surface area contributed by atoms with Gasteiger partial charge in [-0.1, -0.05) is 0 Å². The standard InChI is InChI=1S/C14H21N3O.ClH/c1-17-8-6-11(7-9-17)10-16-14(18)12-2-4-13(15)5-3-12;/h2-5,11H,6-10,15H2,1H3,(H,16,18);1H. The van der Waals surface area contributed by atoms with Crippen molar-refractivity contribution in [1.82, 2.24) is 10.2 Å². The third kappa shape index (κ3) is 4.73. The number of benzene rings is 1. The Morgan fingerprint density at radius 2 is 1.89 bits per heavy atom. The van der Waals surface area contributed by atoms with E-state index in [-0.39, 0.29) is 18.3 Å². The van der Waals surface area contributed by atoms with Gasteiger partial charge in [-0.2, -0.15) is 0 Å². The number of nitrogens with zero attached hydrogens (tertiary/aromatic N) is 1. The van der Waals surface area contributed by atoms with E-state index in [0.717, 1.165) is 19.6 Å². The van der Waals surface area contributed by atoms with Gasteiger partial charge in [-0.25, -0.2) is 0 Å². The Morgan fingerprint density at radius 1 is 1.32 bits per heavy atom. The molecule has 19 heavy (non-hydrogen) atoms. The summed E-state index contributed by atoms with van der Waals surface area (Å²) in [6.45, 7) is 3.03. The van der Waals surface area contributed by atoms with Gasteiger partial charge < -0.3 is 16.0 Å². The lowest BCUT2D eigenvalue weighted by molar-refractivity contribution is 0.0939. The number of nitrogens with two attached hydrogens (primary N) is 1. The van der Waals surface area contributed by atoms with Crippen molar-refractivity contribution in [1.29, 1.82) is 0 Å². The Bertz CT molecular complexity index is 400. The number of likely N-dealkylation sites (tertiary alicyclic amines) is 1. The maximum absolute atomic E-state index is 11.9. The van der Waals surface area contributed by atoms with Crippen LogP contribution >= 0.6 is 12.4 Å². The predicted molar refractivity (Wildman–Crippen MR) is 80.7 cm³/mol. The van der Waals surface area contributed by atoms with E-state index in [1.54, 1.807) is 24.3 Å². The molecule has 1 fully saturated rings. The molecule has 1 heterocycles. The summed E-state index contributed by atoms with van der Waals surface area (Å²) in [6, 6.07) is 7.04. The number of hydrogen-bond donors (Lipinski definition) is 2. The fourth-order valence-corrected chi connectivity index (χ4v) is 2.24. The van der Waals surface area contributed by atoms with Gasteiger partial charge in [-0.05, 0) is 63.2 Å². The first kappa shape index (κ1) is 15.8. The summed E-state index contributed by atoms with van der Waals surface area (Å²) in [5.74, 6) is 0.604. The lowest BCUT2D eigenvalue weighted by Gasteiger charge is -2.28. The van der Waals surface area contributed by atoms with Crippen LogP contribution in [0.2, 0.25) is 0 Å². The van der Waals surface area contributed by atoms with Crippen molar-refractivity contribution in [2.45, 2.75) is 12.8 Å². The van der Waals surface area contributed by atoms with Crippen LogP contribution in [0.4, 0.5) is 5.69 Å². The van der Waals surface area contributed by atoms with Crippen LogP contribution < -0.4 is 11.1 Å². The van der Waals surface area contributed by atoms with Crippen LogP contribution in [-0.2, 0) is 0 Å². The first-order valence-electron chi connectivity index (χ1n) is 6.47. The second-order valence-electron chi connectivity index (χ2n) is 5.08. The molecule has 0 aromatic heterocycles. The molecule has 0 aliphatic carbocycles. The summed E-state index contributed by atoms with van der Waals surface area (Å²) in [4.78, 5) is 14.2. The SMILES string of the molecule is CN1CCC(CNC(=O)c2ccc(N)cc2)CC1.Cl. The van der Waals surface area contributed by atoms with Crippen molar-refractivity contribution in [2.24, 2.45) is 5.92 Å². The average molecular weight is 284 g/mol. The molecule has 0 spiro atoms. The zero-order valence-electron chi connectivity index (χ0n) is 11.3. The van der Waals surface area contributed by atoms with Crippen LogP contribution in [0, 0.1) is 5.92 Å². The summed E-state index contributed by atoms with van der Waals surface area (Å²) in [5.41, 5.74) is 6.95. The van der Waals surface area contributed by atoms with E-state index in [9.17, 15) is 4.79 Å². The highest BCUT2D eigenvalue weighted by Crippen LogP contribution is 2.15. The zero-order chi connectivity index (χ0) is 13.0. The minimum absolute atomic E-state index is 0. The molecular weight excluding hydrogens is 262 g/mol. The summed E-state index contributed by atoms with van der Waals surface area (Å²) in [5, 5.41) is 3.00. The Balaban J connectivity index is 0.00000180. The molecule has 5 heteroatoms. The monoisotopic (exact) mass is 283 g/mol. The average Bonchev–Trinajstić information content (AvgIpc) is 2.38. The van der Waals surface area contributed by atoms with Gasteiger partial charge in [0.25, 0.3) is 5.91 Å². The largest absolute Gasteiger partial charge is 0.399 e. The van der Waals surface area contributed by atoms with Crippen molar-refractivity contribution in [2.75, 3.05) is 32.4 Å². The fourth-order valence-electron chi connectivity index (χ4n) is 2.24. The molecule has 0 radical (unpaired) electrons. The van der Waals surface area contributed by atoms with Crippen LogP contribution in [0.15, 0.2) is 24.3 Å². The molecule has 1 aliphatic rings. The Kier molecular flexibility index (Phi) is 6.12. The van der Waals surface area contributed by atoms with Crippen molar-refractivity contribution in [3.8, 4) is 0 Å². The first-order chi connectivity index (χ1) is 8.65. The van der Waals surface area contributed by atoms with Crippen molar-refractivity contribution < 1.29 is 4.79 Å². The Hall–Kier alpha value is -1.26. The highest BCUT2D eigenvalue weighted by atomic mass is 35.5. The van der Waals surface area contributed by atoms with Gasteiger partial charge in [0.15, 0.2) is 0 Å². The molecule has 1 aliphatic heterocycles. The maximum atomic E-state index is 11.9. The summed E-state index contributed by atoms with van der Waals surface area (Å²) >= 11 is 0. The number of hydrogen-bond acceptors (Lipinski definition) is 3. The molecule has 106 valence electrons. The van der Waals surface area contributed by atoms with Crippen molar-refractivity contribution in [3.05, 3.63) is 29.8 Å². The van der Waals surface area contributed by atoms with Crippen LogP contribution in [0.1, 0.15) is 23.2 Å². The lowest BCUT2D eigenvalue weighted by atomic mass is 9.97. The quantitative estimate of drug-likeness (QED) is 0.831. The molecule has 0 saturated carbocycles. The molecule has 1 aromatic rings. The predicted octanol–water partition coefficient (Wildman–Crippen LogP) is 1.76. The molecule has 1 aromatic carbocycles. The van der Waals surface area contributed by atoms with Gasteiger partial charge in [0.05, 0.1) is 0 Å². The molecule has 2 rings (SSSR count). The first-order valence-corrected chi connectivity index (χ1v) is 6.47.